The third kappa shape index (κ3) is 4.38. The number of rotatable bonds is 3. The molecule has 6 heteroatoms. The van der Waals surface area contributed by atoms with Gasteiger partial charge in [0.05, 0.1) is 6.10 Å². The Kier molecular flexibility index (Phi) is 4.79. The van der Waals surface area contributed by atoms with Gasteiger partial charge < -0.3 is 19.9 Å². The summed E-state index contributed by atoms with van der Waals surface area (Å²) in [4.78, 5) is 23.2. The number of hydrogen-bond donors (Lipinski definition) is 2. The maximum absolute atomic E-state index is 11.8. The van der Waals surface area contributed by atoms with E-state index < -0.39 is 23.2 Å². The molecular weight excluding hydrogens is 250 g/mol. The lowest BCUT2D eigenvalue weighted by Crippen LogP contribution is -2.57. The van der Waals surface area contributed by atoms with Crippen molar-refractivity contribution < 1.29 is 24.2 Å². The molecule has 0 atom stereocenters. The molecule has 0 unspecified atom stereocenters. The number of alkyl carbamates (subject to hydrolysis) is 1. The van der Waals surface area contributed by atoms with Crippen molar-refractivity contribution in [1.82, 2.24) is 5.32 Å². The first-order valence-corrected chi connectivity index (χ1v) is 6.46. The standard InChI is InChI=1S/C13H23NO5/c1-12(2,3)19-11(17)14-13(10(15)16)7-5-9(18-4)6-8-13/h9H,5-8H2,1-4H3,(H,14,17)(H,15,16). The number of carbonyl (C=O) groups is 2. The van der Waals surface area contributed by atoms with E-state index >= 15 is 0 Å². The van der Waals surface area contributed by atoms with Gasteiger partial charge in [0.2, 0.25) is 0 Å². The fraction of sp³-hybridized carbons (Fsp3) is 0.846. The summed E-state index contributed by atoms with van der Waals surface area (Å²) in [6.07, 6.45) is 1.29. The minimum Gasteiger partial charge on any atom is -0.480 e. The van der Waals surface area contributed by atoms with Gasteiger partial charge in [-0.15, -0.1) is 0 Å². The van der Waals surface area contributed by atoms with Gasteiger partial charge in [-0.1, -0.05) is 0 Å². The summed E-state index contributed by atoms with van der Waals surface area (Å²) in [6, 6.07) is 0. The van der Waals surface area contributed by atoms with E-state index in [1.807, 2.05) is 0 Å². The molecule has 0 radical (unpaired) electrons. The van der Waals surface area contributed by atoms with E-state index in [-0.39, 0.29) is 6.10 Å². The van der Waals surface area contributed by atoms with E-state index in [1.54, 1.807) is 27.9 Å². The molecule has 1 saturated carbocycles. The predicted octanol–water partition coefficient (Wildman–Crippen LogP) is 1.92. The quantitative estimate of drug-likeness (QED) is 0.820. The summed E-state index contributed by atoms with van der Waals surface area (Å²) in [5, 5.41) is 11.9. The Morgan fingerprint density at radius 3 is 2.16 bits per heavy atom. The van der Waals surface area contributed by atoms with Gasteiger partial charge in [-0.3, -0.25) is 0 Å². The third-order valence-electron chi connectivity index (χ3n) is 3.27. The van der Waals surface area contributed by atoms with Crippen LogP contribution in [-0.2, 0) is 14.3 Å². The minimum atomic E-state index is -1.24. The molecular formula is C13H23NO5. The van der Waals surface area contributed by atoms with E-state index in [1.165, 1.54) is 0 Å². The fourth-order valence-corrected chi connectivity index (χ4v) is 2.21. The molecule has 2 N–H and O–H groups in total. The van der Waals surface area contributed by atoms with Crippen LogP contribution in [0.1, 0.15) is 46.5 Å². The number of ether oxygens (including phenoxy) is 2. The first-order valence-electron chi connectivity index (χ1n) is 6.46. The Labute approximate surface area is 113 Å². The molecule has 1 fully saturated rings. The topological polar surface area (TPSA) is 84.9 Å². The Hall–Kier alpha value is -1.30. The van der Waals surface area contributed by atoms with Crippen molar-refractivity contribution in [3.63, 3.8) is 0 Å². The van der Waals surface area contributed by atoms with Crippen LogP contribution in [0.3, 0.4) is 0 Å². The van der Waals surface area contributed by atoms with Crippen LogP contribution < -0.4 is 5.32 Å². The molecule has 6 nitrogen and oxygen atoms in total. The number of hydrogen-bond acceptors (Lipinski definition) is 4. The highest BCUT2D eigenvalue weighted by Gasteiger charge is 2.44. The van der Waals surface area contributed by atoms with E-state index in [4.69, 9.17) is 9.47 Å². The number of nitrogens with one attached hydrogen (secondary N) is 1. The Bertz CT molecular complexity index is 339. The van der Waals surface area contributed by atoms with Gasteiger partial charge in [-0.05, 0) is 46.5 Å². The number of carbonyl (C=O) groups excluding carboxylic acids is 1. The second-order valence-electron chi connectivity index (χ2n) is 5.95. The van der Waals surface area contributed by atoms with Crippen LogP contribution in [0.25, 0.3) is 0 Å². The van der Waals surface area contributed by atoms with Crippen molar-refractivity contribution in [2.75, 3.05) is 7.11 Å². The van der Waals surface area contributed by atoms with Crippen molar-refractivity contribution in [2.45, 2.75) is 63.7 Å². The lowest BCUT2D eigenvalue weighted by atomic mass is 9.80. The molecule has 1 amide bonds. The summed E-state index contributed by atoms with van der Waals surface area (Å²) in [5.41, 5.74) is -1.88. The van der Waals surface area contributed by atoms with Crippen LogP contribution in [0.4, 0.5) is 4.79 Å². The maximum Gasteiger partial charge on any atom is 0.408 e. The van der Waals surface area contributed by atoms with Crippen molar-refractivity contribution in [1.29, 1.82) is 0 Å². The van der Waals surface area contributed by atoms with Gasteiger partial charge in [-0.25, -0.2) is 9.59 Å². The highest BCUT2D eigenvalue weighted by molar-refractivity contribution is 5.84. The third-order valence-corrected chi connectivity index (χ3v) is 3.27. The van der Waals surface area contributed by atoms with Crippen molar-refractivity contribution in [3.8, 4) is 0 Å². The summed E-state index contributed by atoms with van der Waals surface area (Å²) in [6.45, 7) is 5.21. The number of aliphatic carboxylic acids is 1. The normalized spacial score (nSPS) is 27.7. The summed E-state index contributed by atoms with van der Waals surface area (Å²) in [5.74, 6) is -1.02. The zero-order valence-electron chi connectivity index (χ0n) is 12.0. The number of carboxylic acids is 1. The van der Waals surface area contributed by atoms with E-state index in [0.717, 1.165) is 0 Å². The highest BCUT2D eigenvalue weighted by Crippen LogP contribution is 2.30. The van der Waals surface area contributed by atoms with Gasteiger partial charge in [0, 0.05) is 7.11 Å². The van der Waals surface area contributed by atoms with Crippen LogP contribution >= 0.6 is 0 Å². The summed E-state index contributed by atoms with van der Waals surface area (Å²) in [7, 11) is 1.61. The molecule has 1 aliphatic carbocycles. The molecule has 0 heterocycles. The molecule has 0 aromatic carbocycles. The van der Waals surface area contributed by atoms with Gasteiger partial charge in [0.1, 0.15) is 11.1 Å². The zero-order valence-corrected chi connectivity index (χ0v) is 12.0. The predicted molar refractivity (Wildman–Crippen MR) is 69.0 cm³/mol. The molecule has 110 valence electrons. The lowest BCUT2D eigenvalue weighted by Gasteiger charge is -2.37. The fourth-order valence-electron chi connectivity index (χ4n) is 2.21. The van der Waals surface area contributed by atoms with E-state index in [0.29, 0.717) is 25.7 Å². The zero-order chi connectivity index (χ0) is 14.7. The minimum absolute atomic E-state index is 0.0629. The van der Waals surface area contributed by atoms with Crippen LogP contribution in [0.15, 0.2) is 0 Å². The molecule has 0 aromatic heterocycles. The van der Waals surface area contributed by atoms with Gasteiger partial charge in [0.15, 0.2) is 0 Å². The van der Waals surface area contributed by atoms with Gasteiger partial charge in [-0.2, -0.15) is 0 Å². The molecule has 0 aliphatic heterocycles. The van der Waals surface area contributed by atoms with E-state index in [2.05, 4.69) is 5.32 Å². The van der Waals surface area contributed by atoms with Crippen molar-refractivity contribution in [2.24, 2.45) is 0 Å². The smallest absolute Gasteiger partial charge is 0.408 e. The SMILES string of the molecule is COC1CCC(NC(=O)OC(C)(C)C)(C(=O)O)CC1. The Balaban J connectivity index is 2.69. The van der Waals surface area contributed by atoms with Crippen LogP contribution in [0, 0.1) is 0 Å². The van der Waals surface area contributed by atoms with Crippen LogP contribution in [-0.4, -0.2) is 41.5 Å². The average molecular weight is 273 g/mol. The molecule has 0 aromatic rings. The summed E-state index contributed by atoms with van der Waals surface area (Å²) >= 11 is 0. The second-order valence-corrected chi connectivity index (χ2v) is 5.95. The van der Waals surface area contributed by atoms with Gasteiger partial charge in [0.25, 0.3) is 0 Å². The number of amides is 1. The lowest BCUT2D eigenvalue weighted by molar-refractivity contribution is -0.147. The highest BCUT2D eigenvalue weighted by atomic mass is 16.6. The first-order chi connectivity index (χ1) is 8.68. The Morgan fingerprint density at radius 1 is 1.26 bits per heavy atom. The molecule has 1 rings (SSSR count). The van der Waals surface area contributed by atoms with Gasteiger partial charge >= 0.3 is 12.1 Å². The molecule has 1 aliphatic rings. The molecule has 0 bridgehead atoms. The molecule has 19 heavy (non-hydrogen) atoms. The van der Waals surface area contributed by atoms with Crippen molar-refractivity contribution in [3.05, 3.63) is 0 Å². The van der Waals surface area contributed by atoms with Crippen LogP contribution in [0.2, 0.25) is 0 Å². The molecule has 0 spiro atoms. The number of carboxylic acid groups (broad SMARTS) is 1. The molecule has 0 saturated heterocycles. The van der Waals surface area contributed by atoms with Crippen LogP contribution in [0.5, 0.6) is 0 Å². The average Bonchev–Trinajstić information content (AvgIpc) is 2.27. The van der Waals surface area contributed by atoms with E-state index in [9.17, 15) is 14.7 Å². The maximum atomic E-state index is 11.8. The first kappa shape index (κ1) is 15.8. The monoisotopic (exact) mass is 273 g/mol. The van der Waals surface area contributed by atoms with Crippen molar-refractivity contribution >= 4 is 12.1 Å². The Morgan fingerprint density at radius 2 is 1.79 bits per heavy atom. The second kappa shape index (κ2) is 5.77. The number of methoxy groups -OCH3 is 1. The summed E-state index contributed by atoms with van der Waals surface area (Å²) < 4.78 is 10.3. The largest absolute Gasteiger partial charge is 0.480 e.